The number of nitrogens with two attached hydrogens (primary N) is 1. The normalized spacial score (nSPS) is 11.8. The first kappa shape index (κ1) is 12.6. The summed E-state index contributed by atoms with van der Waals surface area (Å²) in [5.74, 6) is 0. The van der Waals surface area contributed by atoms with Gasteiger partial charge in [0.25, 0.3) is 0 Å². The van der Waals surface area contributed by atoms with Crippen molar-refractivity contribution in [2.75, 3.05) is 0 Å². The fourth-order valence-electron chi connectivity index (χ4n) is 1.97. The van der Waals surface area contributed by atoms with Gasteiger partial charge in [-0.3, -0.25) is 4.98 Å². The molecule has 0 aliphatic rings. The van der Waals surface area contributed by atoms with E-state index in [0.29, 0.717) is 16.4 Å². The summed E-state index contributed by atoms with van der Waals surface area (Å²) >= 11 is 6.12. The van der Waals surface area contributed by atoms with Crippen molar-refractivity contribution in [2.45, 2.75) is 0 Å². The molecule has 0 bridgehead atoms. The number of para-hydroxylation sites is 2. The molecule has 20 heavy (non-hydrogen) atoms. The lowest BCUT2D eigenvalue weighted by Gasteiger charge is -2.04. The van der Waals surface area contributed by atoms with Crippen molar-refractivity contribution in [1.29, 1.82) is 0 Å². The second kappa shape index (κ2) is 5.31. The van der Waals surface area contributed by atoms with Crippen LogP contribution < -0.4 is 5.73 Å². The van der Waals surface area contributed by atoms with Gasteiger partial charge in [-0.1, -0.05) is 41.9 Å². The minimum atomic E-state index is 0.570. The largest absolute Gasteiger partial charge is 0.398 e. The van der Waals surface area contributed by atoms with Gasteiger partial charge in [0.05, 0.1) is 22.9 Å². The van der Waals surface area contributed by atoms with Crippen molar-refractivity contribution in [3.05, 3.63) is 71.0 Å². The zero-order valence-electron chi connectivity index (χ0n) is 10.6. The molecule has 2 N–H and O–H groups in total. The Kier molecular flexibility index (Phi) is 3.35. The number of nitrogens with zero attached hydrogens (tertiary/aromatic N) is 2. The van der Waals surface area contributed by atoms with Gasteiger partial charge in [0.2, 0.25) is 0 Å². The maximum Gasteiger partial charge on any atom is 0.0894 e. The highest BCUT2D eigenvalue weighted by molar-refractivity contribution is 6.32. The Morgan fingerprint density at radius 2 is 1.70 bits per heavy atom. The monoisotopic (exact) mass is 281 g/mol. The maximum absolute atomic E-state index is 6.12. The average Bonchev–Trinajstić information content (AvgIpc) is 2.47. The van der Waals surface area contributed by atoms with E-state index in [2.05, 4.69) is 9.97 Å². The summed E-state index contributed by atoms with van der Waals surface area (Å²) < 4.78 is 0. The van der Waals surface area contributed by atoms with Crippen LogP contribution in [0.25, 0.3) is 22.8 Å². The van der Waals surface area contributed by atoms with E-state index in [4.69, 9.17) is 17.3 Å². The molecule has 0 saturated heterocycles. The zero-order chi connectivity index (χ0) is 13.9. The summed E-state index contributed by atoms with van der Waals surface area (Å²) in [6.07, 6.45) is 3.48. The Morgan fingerprint density at radius 3 is 2.50 bits per heavy atom. The molecular formula is C16H12ClN3. The molecule has 1 aromatic heterocycles. The molecule has 0 atom stereocenters. The highest BCUT2D eigenvalue weighted by Gasteiger charge is 2.03. The lowest BCUT2D eigenvalue weighted by atomic mass is 10.1. The first-order valence-corrected chi connectivity index (χ1v) is 6.56. The first-order valence-electron chi connectivity index (χ1n) is 6.18. The van der Waals surface area contributed by atoms with Gasteiger partial charge >= 0.3 is 0 Å². The molecule has 3 rings (SSSR count). The molecule has 3 nitrogen and oxygen atoms in total. The summed E-state index contributed by atoms with van der Waals surface area (Å²) in [5, 5.41) is 0.620. The van der Waals surface area contributed by atoms with Crippen LogP contribution in [0.5, 0.6) is 0 Å². The summed E-state index contributed by atoms with van der Waals surface area (Å²) in [7, 11) is 0. The van der Waals surface area contributed by atoms with E-state index in [-0.39, 0.29) is 0 Å². The molecule has 0 aliphatic heterocycles. The highest BCUT2D eigenvalue weighted by atomic mass is 35.5. The van der Waals surface area contributed by atoms with Crippen LogP contribution in [0, 0.1) is 0 Å². The lowest BCUT2D eigenvalue weighted by Crippen LogP contribution is -1.98. The molecule has 0 radical (unpaired) electrons. The predicted molar refractivity (Wildman–Crippen MR) is 83.0 cm³/mol. The fourth-order valence-corrected chi connectivity index (χ4v) is 2.22. The lowest BCUT2D eigenvalue weighted by molar-refractivity contribution is 1.26. The second-order valence-corrected chi connectivity index (χ2v) is 4.77. The van der Waals surface area contributed by atoms with Gasteiger partial charge in [-0.15, -0.1) is 0 Å². The Hall–Kier alpha value is -2.39. The number of hydrogen-bond donors (Lipinski definition) is 1. The standard InChI is InChI=1S/C16H12ClN3/c17-13-6-2-1-5-12(13)14(18)9-11-10-19-15-7-3-4-8-16(15)20-11/h1-10H,18H2/b14-9+. The van der Waals surface area contributed by atoms with Crippen molar-refractivity contribution < 1.29 is 0 Å². The van der Waals surface area contributed by atoms with Crippen LogP contribution in [-0.4, -0.2) is 9.97 Å². The third kappa shape index (κ3) is 2.49. The molecule has 0 saturated carbocycles. The maximum atomic E-state index is 6.12. The van der Waals surface area contributed by atoms with Gasteiger partial charge in [0, 0.05) is 16.3 Å². The van der Waals surface area contributed by atoms with E-state index >= 15 is 0 Å². The Bertz CT molecular complexity index is 796. The van der Waals surface area contributed by atoms with E-state index in [1.165, 1.54) is 0 Å². The molecule has 2 aromatic carbocycles. The van der Waals surface area contributed by atoms with Crippen LogP contribution in [0.2, 0.25) is 5.02 Å². The molecule has 4 heteroatoms. The van der Waals surface area contributed by atoms with E-state index < -0.39 is 0 Å². The van der Waals surface area contributed by atoms with Gasteiger partial charge in [0.1, 0.15) is 0 Å². The smallest absolute Gasteiger partial charge is 0.0894 e. The Labute approximate surface area is 121 Å². The van der Waals surface area contributed by atoms with Crippen molar-refractivity contribution in [3.63, 3.8) is 0 Å². The molecule has 0 spiro atoms. The van der Waals surface area contributed by atoms with Crippen molar-refractivity contribution in [2.24, 2.45) is 5.73 Å². The van der Waals surface area contributed by atoms with Crippen LogP contribution in [0.3, 0.4) is 0 Å². The SMILES string of the molecule is N/C(=C/c1cnc2ccccc2n1)c1ccccc1Cl. The van der Waals surface area contributed by atoms with Gasteiger partial charge < -0.3 is 5.73 Å². The van der Waals surface area contributed by atoms with E-state index in [1.54, 1.807) is 12.3 Å². The highest BCUT2D eigenvalue weighted by Crippen LogP contribution is 2.21. The number of benzene rings is 2. The average molecular weight is 282 g/mol. The first-order chi connectivity index (χ1) is 9.74. The zero-order valence-corrected chi connectivity index (χ0v) is 11.4. The van der Waals surface area contributed by atoms with Crippen molar-refractivity contribution in [1.82, 2.24) is 9.97 Å². The Balaban J connectivity index is 2.03. The van der Waals surface area contributed by atoms with Gasteiger partial charge in [-0.2, -0.15) is 0 Å². The molecule has 0 unspecified atom stereocenters. The number of rotatable bonds is 2. The van der Waals surface area contributed by atoms with E-state index in [0.717, 1.165) is 16.6 Å². The van der Waals surface area contributed by atoms with E-state index in [1.807, 2.05) is 48.5 Å². The van der Waals surface area contributed by atoms with Crippen LogP contribution >= 0.6 is 11.6 Å². The summed E-state index contributed by atoms with van der Waals surface area (Å²) in [5.41, 5.74) is 9.86. The summed E-state index contributed by atoms with van der Waals surface area (Å²) in [4.78, 5) is 8.86. The van der Waals surface area contributed by atoms with E-state index in [9.17, 15) is 0 Å². The Morgan fingerprint density at radius 1 is 1.00 bits per heavy atom. The van der Waals surface area contributed by atoms with Crippen LogP contribution in [0.15, 0.2) is 54.7 Å². The predicted octanol–water partition coefficient (Wildman–Crippen LogP) is 3.74. The number of fused-ring (bicyclic) bond motifs is 1. The van der Waals surface area contributed by atoms with Crippen LogP contribution in [0.1, 0.15) is 11.3 Å². The third-order valence-electron chi connectivity index (χ3n) is 2.96. The molecule has 0 amide bonds. The minimum Gasteiger partial charge on any atom is -0.398 e. The van der Waals surface area contributed by atoms with Crippen molar-refractivity contribution >= 4 is 34.4 Å². The molecule has 0 aliphatic carbocycles. The van der Waals surface area contributed by atoms with Gasteiger partial charge in [0.15, 0.2) is 0 Å². The second-order valence-electron chi connectivity index (χ2n) is 4.36. The molecular weight excluding hydrogens is 270 g/mol. The molecule has 3 aromatic rings. The quantitative estimate of drug-likeness (QED) is 0.778. The third-order valence-corrected chi connectivity index (χ3v) is 3.29. The topological polar surface area (TPSA) is 51.8 Å². The number of aromatic nitrogens is 2. The molecule has 98 valence electrons. The van der Waals surface area contributed by atoms with Crippen molar-refractivity contribution in [3.8, 4) is 0 Å². The summed E-state index contributed by atoms with van der Waals surface area (Å²) in [6, 6.07) is 15.2. The van der Waals surface area contributed by atoms with Crippen LogP contribution in [-0.2, 0) is 0 Å². The minimum absolute atomic E-state index is 0.570. The molecule has 0 fully saturated rings. The number of hydrogen-bond acceptors (Lipinski definition) is 3. The fraction of sp³-hybridized carbons (Fsp3) is 0. The van der Waals surface area contributed by atoms with Gasteiger partial charge in [-0.05, 0) is 24.3 Å². The summed E-state index contributed by atoms with van der Waals surface area (Å²) in [6.45, 7) is 0. The molecule has 1 heterocycles. The van der Waals surface area contributed by atoms with Crippen LogP contribution in [0.4, 0.5) is 0 Å². The number of halogens is 1. The van der Waals surface area contributed by atoms with Gasteiger partial charge in [-0.25, -0.2) is 4.98 Å².